The second-order valence-electron chi connectivity index (χ2n) is 5.88. The summed E-state index contributed by atoms with van der Waals surface area (Å²) in [5.74, 6) is 0.291. The third kappa shape index (κ3) is 2.57. The molecular weight excluding hydrogens is 261 g/mol. The fraction of sp³-hybridized carbons (Fsp3) is 0.533. The topological polar surface area (TPSA) is 49.8 Å². The van der Waals surface area contributed by atoms with E-state index in [1.165, 1.54) is 17.0 Å². The molecule has 1 saturated carbocycles. The van der Waals surface area contributed by atoms with Crippen molar-refractivity contribution in [2.45, 2.75) is 31.8 Å². The van der Waals surface area contributed by atoms with Crippen LogP contribution < -0.4 is 4.74 Å². The van der Waals surface area contributed by atoms with Crippen molar-refractivity contribution in [2.24, 2.45) is 5.41 Å². The molecule has 3 rings (SSSR count). The Bertz CT molecular complexity index is 504. The number of amides is 1. The maximum atomic E-state index is 13.1. The van der Waals surface area contributed by atoms with Crippen LogP contribution in [0, 0.1) is 11.2 Å². The first-order chi connectivity index (χ1) is 9.56. The highest BCUT2D eigenvalue weighted by Crippen LogP contribution is 2.50. The lowest BCUT2D eigenvalue weighted by molar-refractivity contribution is -0.0516. The molecule has 1 spiro atoms. The van der Waals surface area contributed by atoms with Gasteiger partial charge in [-0.15, -0.1) is 0 Å². The largest absolute Gasteiger partial charge is 0.490 e. The number of carboxylic acid groups (broad SMARTS) is 1. The highest BCUT2D eigenvalue weighted by molar-refractivity contribution is 5.65. The summed E-state index contributed by atoms with van der Waals surface area (Å²) in [4.78, 5) is 12.4. The molecule has 2 fully saturated rings. The fourth-order valence-corrected chi connectivity index (χ4v) is 3.30. The average Bonchev–Trinajstić information content (AvgIpc) is 2.37. The lowest BCUT2D eigenvalue weighted by Gasteiger charge is -2.51. The van der Waals surface area contributed by atoms with Crippen LogP contribution in [0.5, 0.6) is 5.75 Å². The molecule has 0 atom stereocenters. The molecule has 1 N–H and O–H groups in total. The van der Waals surface area contributed by atoms with Gasteiger partial charge in [-0.1, -0.05) is 6.07 Å². The van der Waals surface area contributed by atoms with E-state index in [2.05, 4.69) is 0 Å². The van der Waals surface area contributed by atoms with Crippen molar-refractivity contribution in [1.29, 1.82) is 0 Å². The zero-order valence-corrected chi connectivity index (χ0v) is 11.2. The first-order valence-electron chi connectivity index (χ1n) is 6.96. The van der Waals surface area contributed by atoms with E-state index in [1.54, 1.807) is 12.1 Å². The number of hydrogen-bond donors (Lipinski definition) is 1. The van der Waals surface area contributed by atoms with Gasteiger partial charge in [0.25, 0.3) is 0 Å². The van der Waals surface area contributed by atoms with E-state index >= 15 is 0 Å². The predicted molar refractivity (Wildman–Crippen MR) is 71.3 cm³/mol. The van der Waals surface area contributed by atoms with Gasteiger partial charge in [-0.25, -0.2) is 9.18 Å². The summed E-state index contributed by atoms with van der Waals surface area (Å²) in [6, 6.07) is 6.21. The number of likely N-dealkylation sites (tertiary alicyclic amines) is 1. The Morgan fingerprint density at radius 2 is 2.05 bits per heavy atom. The molecule has 1 aliphatic heterocycles. The van der Waals surface area contributed by atoms with E-state index < -0.39 is 6.09 Å². The second kappa shape index (κ2) is 4.96. The Morgan fingerprint density at radius 1 is 1.35 bits per heavy atom. The highest BCUT2D eigenvalue weighted by Gasteiger charge is 2.47. The number of hydrogen-bond acceptors (Lipinski definition) is 2. The van der Waals surface area contributed by atoms with Crippen LogP contribution in [0.3, 0.4) is 0 Å². The van der Waals surface area contributed by atoms with E-state index in [0.717, 1.165) is 25.7 Å². The SMILES string of the molecule is O=C(O)N1CCC2(CC1)CC(Oc1cccc(F)c1)C2. The summed E-state index contributed by atoms with van der Waals surface area (Å²) >= 11 is 0. The number of rotatable bonds is 2. The van der Waals surface area contributed by atoms with Crippen molar-refractivity contribution in [3.63, 3.8) is 0 Å². The van der Waals surface area contributed by atoms with Gasteiger partial charge in [-0.3, -0.25) is 0 Å². The number of piperidine rings is 1. The summed E-state index contributed by atoms with van der Waals surface area (Å²) in [5, 5.41) is 8.94. The van der Waals surface area contributed by atoms with Gasteiger partial charge in [-0.2, -0.15) is 0 Å². The standard InChI is InChI=1S/C15H18FNO3/c16-11-2-1-3-12(8-11)20-13-9-15(10-13)4-6-17(7-5-15)14(18)19/h1-3,8,13H,4-7,9-10H2,(H,18,19). The highest BCUT2D eigenvalue weighted by atomic mass is 19.1. The van der Waals surface area contributed by atoms with E-state index in [1.807, 2.05) is 0 Å². The maximum absolute atomic E-state index is 13.1. The molecule has 1 aromatic carbocycles. The lowest BCUT2D eigenvalue weighted by atomic mass is 9.61. The Kier molecular flexibility index (Phi) is 3.28. The Hall–Kier alpha value is -1.78. The Morgan fingerprint density at radius 3 is 2.65 bits per heavy atom. The fourth-order valence-electron chi connectivity index (χ4n) is 3.30. The molecule has 20 heavy (non-hydrogen) atoms. The average molecular weight is 279 g/mol. The molecule has 0 bridgehead atoms. The smallest absolute Gasteiger partial charge is 0.407 e. The summed E-state index contributed by atoms with van der Waals surface area (Å²) in [6.07, 6.45) is 3.00. The van der Waals surface area contributed by atoms with Gasteiger partial charge in [0, 0.05) is 19.2 Å². The number of ether oxygens (including phenoxy) is 1. The zero-order valence-electron chi connectivity index (χ0n) is 11.2. The zero-order chi connectivity index (χ0) is 14.2. The van der Waals surface area contributed by atoms with Crippen LogP contribution in [0.1, 0.15) is 25.7 Å². The molecule has 1 aromatic rings. The van der Waals surface area contributed by atoms with Crippen molar-refractivity contribution in [3.05, 3.63) is 30.1 Å². The number of benzene rings is 1. The van der Waals surface area contributed by atoms with Crippen LogP contribution in [-0.2, 0) is 0 Å². The molecule has 2 aliphatic rings. The van der Waals surface area contributed by atoms with Crippen molar-refractivity contribution in [2.75, 3.05) is 13.1 Å². The van der Waals surface area contributed by atoms with Gasteiger partial charge < -0.3 is 14.7 Å². The maximum Gasteiger partial charge on any atom is 0.407 e. The van der Waals surface area contributed by atoms with E-state index in [9.17, 15) is 9.18 Å². The molecule has 108 valence electrons. The molecular formula is C15H18FNO3. The Balaban J connectivity index is 1.51. The quantitative estimate of drug-likeness (QED) is 0.904. The van der Waals surface area contributed by atoms with Crippen LogP contribution in [0.2, 0.25) is 0 Å². The van der Waals surface area contributed by atoms with Gasteiger partial charge in [0.15, 0.2) is 0 Å². The van der Waals surface area contributed by atoms with Crippen LogP contribution in [0.15, 0.2) is 24.3 Å². The first kappa shape index (κ1) is 13.2. The van der Waals surface area contributed by atoms with E-state index in [-0.39, 0.29) is 17.3 Å². The minimum absolute atomic E-state index is 0.133. The molecule has 5 heteroatoms. The molecule has 1 aliphatic carbocycles. The number of nitrogens with zero attached hydrogens (tertiary/aromatic N) is 1. The summed E-state index contributed by atoms with van der Waals surface area (Å²) in [7, 11) is 0. The van der Waals surface area contributed by atoms with E-state index in [0.29, 0.717) is 18.8 Å². The lowest BCUT2D eigenvalue weighted by Crippen LogP contribution is -2.51. The van der Waals surface area contributed by atoms with Crippen LogP contribution in [0.25, 0.3) is 0 Å². The molecule has 1 heterocycles. The monoisotopic (exact) mass is 279 g/mol. The Labute approximate surface area is 117 Å². The van der Waals surface area contributed by atoms with Gasteiger partial charge in [0.2, 0.25) is 0 Å². The summed E-state index contributed by atoms with van der Waals surface area (Å²) < 4.78 is 18.8. The van der Waals surface area contributed by atoms with Crippen LogP contribution in [0.4, 0.5) is 9.18 Å². The van der Waals surface area contributed by atoms with Gasteiger partial charge >= 0.3 is 6.09 Å². The van der Waals surface area contributed by atoms with Crippen molar-refractivity contribution in [3.8, 4) is 5.75 Å². The van der Waals surface area contributed by atoms with Crippen molar-refractivity contribution in [1.82, 2.24) is 4.90 Å². The predicted octanol–water partition coefficient (Wildman–Crippen LogP) is 3.13. The molecule has 0 radical (unpaired) electrons. The number of halogens is 1. The second-order valence-corrected chi connectivity index (χ2v) is 5.88. The molecule has 1 amide bonds. The van der Waals surface area contributed by atoms with Crippen LogP contribution in [-0.4, -0.2) is 35.3 Å². The van der Waals surface area contributed by atoms with E-state index in [4.69, 9.17) is 9.84 Å². The van der Waals surface area contributed by atoms with Gasteiger partial charge in [-0.05, 0) is 43.2 Å². The molecule has 0 unspecified atom stereocenters. The molecule has 1 saturated heterocycles. The van der Waals surface area contributed by atoms with Gasteiger partial charge in [0.1, 0.15) is 11.6 Å². The number of carbonyl (C=O) groups is 1. The summed E-state index contributed by atoms with van der Waals surface area (Å²) in [5.41, 5.74) is 0.240. The minimum Gasteiger partial charge on any atom is -0.490 e. The van der Waals surface area contributed by atoms with Crippen LogP contribution >= 0.6 is 0 Å². The third-order valence-corrected chi connectivity index (χ3v) is 4.51. The van der Waals surface area contributed by atoms with Crippen molar-refractivity contribution >= 4 is 6.09 Å². The van der Waals surface area contributed by atoms with Crippen molar-refractivity contribution < 1.29 is 19.0 Å². The molecule has 0 aromatic heterocycles. The molecule has 4 nitrogen and oxygen atoms in total. The minimum atomic E-state index is -0.827. The van der Waals surface area contributed by atoms with Gasteiger partial charge in [0.05, 0.1) is 6.10 Å². The summed E-state index contributed by atoms with van der Waals surface area (Å²) in [6.45, 7) is 1.23. The third-order valence-electron chi connectivity index (χ3n) is 4.51. The normalized spacial score (nSPS) is 21.6. The first-order valence-corrected chi connectivity index (χ1v) is 6.96.